The Morgan fingerprint density at radius 1 is 1.09 bits per heavy atom. The number of rotatable bonds is 3. The molecular formula is C15H11BrClN3O2S. The van der Waals surface area contributed by atoms with E-state index in [0.717, 1.165) is 10.0 Å². The number of aromatic nitrogens is 2. The number of nitrogens with two attached hydrogens (primary N) is 1. The first-order valence-corrected chi connectivity index (χ1v) is 9.21. The van der Waals surface area contributed by atoms with Gasteiger partial charge in [-0.25, -0.2) is 18.2 Å². The Balaban J connectivity index is 2.27. The predicted octanol–water partition coefficient (Wildman–Crippen LogP) is 3.60. The summed E-state index contributed by atoms with van der Waals surface area (Å²) in [7, 11) is -3.88. The van der Waals surface area contributed by atoms with Crippen LogP contribution in [-0.2, 0) is 10.0 Å². The maximum Gasteiger partial charge on any atom is 0.240 e. The van der Waals surface area contributed by atoms with Crippen molar-refractivity contribution in [3.05, 3.63) is 64.2 Å². The van der Waals surface area contributed by atoms with Gasteiger partial charge in [-0.1, -0.05) is 35.9 Å². The van der Waals surface area contributed by atoms with Gasteiger partial charge in [0.2, 0.25) is 10.0 Å². The highest BCUT2D eigenvalue weighted by molar-refractivity contribution is 9.10. The van der Waals surface area contributed by atoms with Crippen molar-refractivity contribution < 1.29 is 8.42 Å². The molecule has 5 nitrogen and oxygen atoms in total. The van der Waals surface area contributed by atoms with Crippen LogP contribution in [0.2, 0.25) is 5.02 Å². The lowest BCUT2D eigenvalue weighted by Gasteiger charge is -2.12. The monoisotopic (exact) mass is 411 g/mol. The smallest absolute Gasteiger partial charge is 0.231 e. The number of hydrogen-bond acceptors (Lipinski definition) is 3. The fourth-order valence-corrected chi connectivity index (χ4v) is 3.58. The number of halogens is 2. The van der Waals surface area contributed by atoms with Crippen LogP contribution in [0.1, 0.15) is 0 Å². The number of sulfonamides is 1. The van der Waals surface area contributed by atoms with Gasteiger partial charge in [0.05, 0.1) is 22.1 Å². The van der Waals surface area contributed by atoms with E-state index in [4.69, 9.17) is 16.7 Å². The van der Waals surface area contributed by atoms with Crippen molar-refractivity contribution >= 4 is 37.6 Å². The van der Waals surface area contributed by atoms with Gasteiger partial charge >= 0.3 is 0 Å². The molecule has 0 aliphatic heterocycles. The quantitative estimate of drug-likeness (QED) is 0.714. The maximum atomic E-state index is 11.8. The zero-order chi connectivity index (χ0) is 16.6. The maximum absolute atomic E-state index is 11.8. The van der Waals surface area contributed by atoms with Gasteiger partial charge in [0, 0.05) is 10.6 Å². The van der Waals surface area contributed by atoms with Gasteiger partial charge in [-0.2, -0.15) is 5.10 Å². The van der Waals surface area contributed by atoms with Crippen molar-refractivity contribution in [2.45, 2.75) is 4.90 Å². The first kappa shape index (κ1) is 16.2. The van der Waals surface area contributed by atoms with Crippen molar-refractivity contribution in [2.24, 2.45) is 5.14 Å². The van der Waals surface area contributed by atoms with Crippen LogP contribution < -0.4 is 5.14 Å². The minimum Gasteiger partial charge on any atom is -0.231 e. The third kappa shape index (κ3) is 3.18. The van der Waals surface area contributed by atoms with E-state index in [0.29, 0.717) is 16.4 Å². The van der Waals surface area contributed by atoms with Crippen LogP contribution in [-0.4, -0.2) is 18.2 Å². The lowest BCUT2D eigenvalue weighted by molar-refractivity contribution is 0.596. The molecule has 0 radical (unpaired) electrons. The van der Waals surface area contributed by atoms with Crippen molar-refractivity contribution in [3.63, 3.8) is 0 Å². The number of primary sulfonamides is 1. The van der Waals surface area contributed by atoms with E-state index >= 15 is 0 Å². The van der Waals surface area contributed by atoms with Crippen molar-refractivity contribution in [3.8, 4) is 16.9 Å². The second-order valence-corrected chi connectivity index (χ2v) is 7.59. The molecule has 3 aromatic rings. The molecule has 8 heteroatoms. The Kier molecular flexibility index (Phi) is 4.29. The van der Waals surface area contributed by atoms with Crippen molar-refractivity contribution in [1.82, 2.24) is 9.78 Å². The van der Waals surface area contributed by atoms with Gasteiger partial charge < -0.3 is 0 Å². The van der Waals surface area contributed by atoms with Crippen LogP contribution in [0.4, 0.5) is 0 Å². The van der Waals surface area contributed by atoms with E-state index in [1.165, 1.54) is 10.7 Å². The van der Waals surface area contributed by atoms with Gasteiger partial charge in [0.1, 0.15) is 4.90 Å². The minimum absolute atomic E-state index is 0.00538. The van der Waals surface area contributed by atoms with Gasteiger partial charge in [0.15, 0.2) is 0 Å². The van der Waals surface area contributed by atoms with Crippen LogP contribution in [0.15, 0.2) is 64.1 Å². The fraction of sp³-hybridized carbons (Fsp3) is 0. The highest BCUT2D eigenvalue weighted by Crippen LogP contribution is 2.32. The first-order valence-electron chi connectivity index (χ1n) is 6.49. The molecular weight excluding hydrogens is 402 g/mol. The largest absolute Gasteiger partial charge is 0.240 e. The van der Waals surface area contributed by atoms with Crippen molar-refractivity contribution in [1.29, 1.82) is 0 Å². The second-order valence-electron chi connectivity index (χ2n) is 4.77. The summed E-state index contributed by atoms with van der Waals surface area (Å²) in [5, 5.41) is 10.2. The molecule has 0 aliphatic carbocycles. The summed E-state index contributed by atoms with van der Waals surface area (Å²) in [5.41, 5.74) is 1.92. The molecule has 0 saturated carbocycles. The predicted molar refractivity (Wildman–Crippen MR) is 93.1 cm³/mol. The zero-order valence-corrected chi connectivity index (χ0v) is 14.8. The van der Waals surface area contributed by atoms with Crippen LogP contribution in [0.3, 0.4) is 0 Å². The number of benzene rings is 2. The molecule has 0 aliphatic rings. The van der Waals surface area contributed by atoms with Crippen molar-refractivity contribution in [2.75, 3.05) is 0 Å². The van der Waals surface area contributed by atoms with E-state index in [9.17, 15) is 8.42 Å². The molecule has 0 spiro atoms. The SMILES string of the molecule is NS(=O)(=O)c1ccccc1-n1ncc(Br)c1-c1ccc(Cl)cc1. The third-order valence-corrected chi connectivity index (χ3v) is 5.03. The van der Waals surface area contributed by atoms with Gasteiger partial charge in [-0.15, -0.1) is 0 Å². The van der Waals surface area contributed by atoms with Crippen LogP contribution in [0.25, 0.3) is 16.9 Å². The lowest BCUT2D eigenvalue weighted by Crippen LogP contribution is -2.16. The van der Waals surface area contributed by atoms with Crippen LogP contribution in [0.5, 0.6) is 0 Å². The van der Waals surface area contributed by atoms with Gasteiger partial charge in [-0.3, -0.25) is 0 Å². The average Bonchev–Trinajstić information content (AvgIpc) is 2.89. The Labute approximate surface area is 146 Å². The molecule has 1 aromatic heterocycles. The molecule has 0 fully saturated rings. The number of hydrogen-bond donors (Lipinski definition) is 1. The molecule has 0 saturated heterocycles. The fourth-order valence-electron chi connectivity index (χ4n) is 2.25. The molecule has 2 N–H and O–H groups in total. The standard InChI is InChI=1S/C15H11BrClN3O2S/c16-12-9-19-20(15(12)10-5-7-11(17)8-6-10)13-3-1-2-4-14(13)23(18,21)22/h1-9H,(H2,18,21,22). The lowest BCUT2D eigenvalue weighted by atomic mass is 10.1. The van der Waals surface area contributed by atoms with Crippen LogP contribution >= 0.6 is 27.5 Å². The highest BCUT2D eigenvalue weighted by Gasteiger charge is 2.19. The molecule has 1 heterocycles. The molecule has 23 heavy (non-hydrogen) atoms. The minimum atomic E-state index is -3.88. The Morgan fingerprint density at radius 3 is 2.39 bits per heavy atom. The molecule has 2 aromatic carbocycles. The first-order chi connectivity index (χ1) is 10.9. The summed E-state index contributed by atoms with van der Waals surface area (Å²) in [6, 6.07) is 13.6. The summed E-state index contributed by atoms with van der Waals surface area (Å²) in [6.07, 6.45) is 1.60. The molecule has 0 amide bonds. The Morgan fingerprint density at radius 2 is 1.74 bits per heavy atom. The van der Waals surface area contributed by atoms with Gasteiger partial charge in [-0.05, 0) is 40.2 Å². The Bertz CT molecular complexity index is 969. The van der Waals surface area contributed by atoms with E-state index in [1.807, 2.05) is 12.1 Å². The number of nitrogens with zero attached hydrogens (tertiary/aromatic N) is 2. The molecule has 0 atom stereocenters. The number of para-hydroxylation sites is 1. The summed E-state index contributed by atoms with van der Waals surface area (Å²) in [4.78, 5) is 0.00538. The summed E-state index contributed by atoms with van der Waals surface area (Å²) >= 11 is 9.37. The normalized spacial score (nSPS) is 11.6. The molecule has 118 valence electrons. The Hall–Kier alpha value is -1.67. The van der Waals surface area contributed by atoms with E-state index in [2.05, 4.69) is 21.0 Å². The topological polar surface area (TPSA) is 78.0 Å². The summed E-state index contributed by atoms with van der Waals surface area (Å²) in [5.74, 6) is 0. The van der Waals surface area contributed by atoms with E-state index in [1.54, 1.807) is 36.5 Å². The third-order valence-electron chi connectivity index (χ3n) is 3.24. The molecule has 3 rings (SSSR count). The van der Waals surface area contributed by atoms with E-state index < -0.39 is 10.0 Å². The van der Waals surface area contributed by atoms with Crippen LogP contribution in [0, 0.1) is 0 Å². The highest BCUT2D eigenvalue weighted by atomic mass is 79.9. The zero-order valence-electron chi connectivity index (χ0n) is 11.6. The molecule has 0 bridgehead atoms. The summed E-state index contributed by atoms with van der Waals surface area (Å²) < 4.78 is 25.9. The van der Waals surface area contributed by atoms with E-state index in [-0.39, 0.29) is 4.90 Å². The van der Waals surface area contributed by atoms with Gasteiger partial charge in [0.25, 0.3) is 0 Å². The second kappa shape index (κ2) is 6.09. The molecule has 0 unspecified atom stereocenters. The summed E-state index contributed by atoms with van der Waals surface area (Å²) in [6.45, 7) is 0. The average molecular weight is 413 g/mol.